The number of hydrogen-bond acceptors (Lipinski definition) is 2. The third-order valence-corrected chi connectivity index (χ3v) is 4.71. The van der Waals surface area contributed by atoms with Crippen LogP contribution in [0.5, 0.6) is 5.75 Å². The zero-order valence-corrected chi connectivity index (χ0v) is 16.4. The molecule has 3 aromatic rings. The zero-order chi connectivity index (χ0) is 17.8. The summed E-state index contributed by atoms with van der Waals surface area (Å²) in [5.74, 6) is 0.823. The van der Waals surface area contributed by atoms with E-state index in [9.17, 15) is 0 Å². The van der Waals surface area contributed by atoms with Crippen molar-refractivity contribution in [2.24, 2.45) is 0 Å². The summed E-state index contributed by atoms with van der Waals surface area (Å²) in [4.78, 5) is 4.62. The summed E-state index contributed by atoms with van der Waals surface area (Å²) in [6.45, 7) is 4.32. The van der Waals surface area contributed by atoms with Gasteiger partial charge in [0, 0.05) is 23.5 Å². The second-order valence-electron chi connectivity index (χ2n) is 6.02. The quantitative estimate of drug-likeness (QED) is 0.619. The third kappa shape index (κ3) is 3.90. The average molecular weight is 398 g/mol. The van der Waals surface area contributed by atoms with Crippen LogP contribution in [0.2, 0.25) is 0 Å². The van der Waals surface area contributed by atoms with E-state index in [1.807, 2.05) is 18.3 Å². The molecule has 3 rings (SSSR count). The summed E-state index contributed by atoms with van der Waals surface area (Å²) in [6, 6.07) is 14.5. The highest BCUT2D eigenvalue weighted by molar-refractivity contribution is 9.10. The Morgan fingerprint density at radius 3 is 2.64 bits per heavy atom. The van der Waals surface area contributed by atoms with Crippen LogP contribution in [0.4, 0.5) is 0 Å². The van der Waals surface area contributed by atoms with Gasteiger partial charge in [-0.15, -0.1) is 0 Å². The Balaban J connectivity index is 2.24. The van der Waals surface area contributed by atoms with Crippen molar-refractivity contribution in [1.29, 1.82) is 0 Å². The standard InChI is InChI=1S/C21H22BrN2O/c1-4-5-18-14-23-20-13-19(25-3)10-11-21(20)24(18)15(2)12-16-6-8-17(22)9-7-16/h5-11,13-14H,4,12H2,1-3H3/q+1/b18-5-,24-15?. The van der Waals surface area contributed by atoms with Crippen molar-refractivity contribution in [3.63, 3.8) is 0 Å². The van der Waals surface area contributed by atoms with Crippen LogP contribution < -0.4 is 14.3 Å². The molecule has 3 nitrogen and oxygen atoms in total. The van der Waals surface area contributed by atoms with E-state index in [-0.39, 0.29) is 0 Å². The maximum absolute atomic E-state index is 5.34. The Morgan fingerprint density at radius 2 is 1.96 bits per heavy atom. The molecule has 0 amide bonds. The SMILES string of the molecule is CC/C=c1/cnc2cc(OC)ccc2[n+]1=C(C)Cc1ccc(Br)cc1. The minimum atomic E-state index is 0.823. The fourth-order valence-corrected chi connectivity index (χ4v) is 3.28. The van der Waals surface area contributed by atoms with Gasteiger partial charge in [-0.05, 0) is 36.3 Å². The fourth-order valence-electron chi connectivity index (χ4n) is 3.01. The first kappa shape index (κ1) is 17.6. The highest BCUT2D eigenvalue weighted by Gasteiger charge is 2.12. The maximum Gasteiger partial charge on any atom is 0.237 e. The summed E-state index contributed by atoms with van der Waals surface area (Å²) >= 11 is 3.50. The van der Waals surface area contributed by atoms with E-state index in [4.69, 9.17) is 4.74 Å². The number of ether oxygens (including phenoxy) is 1. The van der Waals surface area contributed by atoms with Crippen molar-refractivity contribution in [2.45, 2.75) is 26.7 Å². The molecule has 0 bridgehead atoms. The van der Waals surface area contributed by atoms with E-state index in [1.165, 1.54) is 11.3 Å². The maximum atomic E-state index is 5.34. The van der Waals surface area contributed by atoms with Gasteiger partial charge in [0.2, 0.25) is 10.9 Å². The van der Waals surface area contributed by atoms with Gasteiger partial charge in [0.05, 0.1) is 19.7 Å². The van der Waals surface area contributed by atoms with E-state index in [1.54, 1.807) is 7.11 Å². The molecule has 128 valence electrons. The lowest BCUT2D eigenvalue weighted by molar-refractivity contribution is -0.510. The zero-order valence-electron chi connectivity index (χ0n) is 14.8. The fraction of sp³-hybridized carbons (Fsp3) is 0.238. The van der Waals surface area contributed by atoms with Gasteiger partial charge in [0.25, 0.3) is 0 Å². The summed E-state index contributed by atoms with van der Waals surface area (Å²) in [7, 11) is 1.68. The van der Waals surface area contributed by atoms with Crippen molar-refractivity contribution in [3.05, 3.63) is 69.8 Å². The monoisotopic (exact) mass is 397 g/mol. The number of rotatable bonds is 4. The Hall–Kier alpha value is -2.20. The lowest BCUT2D eigenvalue weighted by Gasteiger charge is -2.02. The first-order chi connectivity index (χ1) is 12.1. The molecule has 0 saturated heterocycles. The topological polar surface area (TPSA) is 28.0 Å². The first-order valence-electron chi connectivity index (χ1n) is 8.41. The van der Waals surface area contributed by atoms with Crippen LogP contribution in [0.3, 0.4) is 0 Å². The Kier molecular flexibility index (Phi) is 5.49. The Morgan fingerprint density at radius 1 is 1.20 bits per heavy atom. The predicted octanol–water partition coefficient (Wildman–Crippen LogP) is 4.13. The van der Waals surface area contributed by atoms with E-state index in [0.29, 0.717) is 0 Å². The molecule has 0 aliphatic heterocycles. The molecule has 25 heavy (non-hydrogen) atoms. The predicted molar refractivity (Wildman–Crippen MR) is 105 cm³/mol. The van der Waals surface area contributed by atoms with Gasteiger partial charge in [-0.3, -0.25) is 0 Å². The number of hydrogen-bond donors (Lipinski definition) is 0. The minimum absolute atomic E-state index is 0.823. The van der Waals surface area contributed by atoms with Gasteiger partial charge in [0.15, 0.2) is 5.71 Å². The van der Waals surface area contributed by atoms with Crippen molar-refractivity contribution in [3.8, 4) is 5.75 Å². The molecule has 0 saturated carbocycles. The average Bonchev–Trinajstić information content (AvgIpc) is 2.63. The van der Waals surface area contributed by atoms with Crippen LogP contribution in [0.25, 0.3) is 17.1 Å². The lowest BCUT2D eigenvalue weighted by Crippen LogP contribution is -2.41. The van der Waals surface area contributed by atoms with Crippen LogP contribution in [0.15, 0.2) is 53.1 Å². The Labute approximate surface area is 156 Å². The number of nitrogens with zero attached hydrogens (tertiary/aromatic N) is 2. The largest absolute Gasteiger partial charge is 0.497 e. The van der Waals surface area contributed by atoms with E-state index >= 15 is 0 Å². The molecule has 1 heterocycles. The molecule has 0 aliphatic rings. The van der Waals surface area contributed by atoms with Gasteiger partial charge >= 0.3 is 0 Å². The van der Waals surface area contributed by atoms with Crippen molar-refractivity contribution in [2.75, 3.05) is 7.11 Å². The first-order valence-corrected chi connectivity index (χ1v) is 9.21. The molecule has 1 aromatic heterocycles. The highest BCUT2D eigenvalue weighted by atomic mass is 79.9. The van der Waals surface area contributed by atoms with E-state index in [0.717, 1.165) is 39.4 Å². The number of aromatic nitrogens is 2. The molecule has 4 heteroatoms. The normalized spacial score (nSPS) is 13.2. The number of halogens is 1. The molecule has 0 aliphatic carbocycles. The smallest absolute Gasteiger partial charge is 0.237 e. The van der Waals surface area contributed by atoms with Crippen molar-refractivity contribution < 1.29 is 8.98 Å². The molecule has 0 radical (unpaired) electrons. The number of fused-ring (bicyclic) bond motifs is 1. The highest BCUT2D eigenvalue weighted by Crippen LogP contribution is 2.16. The van der Waals surface area contributed by atoms with Crippen molar-refractivity contribution >= 4 is 33.0 Å². The number of methoxy groups -OCH3 is 1. The summed E-state index contributed by atoms with van der Waals surface area (Å²) in [6.07, 6.45) is 6.00. The molecule has 0 spiro atoms. The van der Waals surface area contributed by atoms with E-state index in [2.05, 4.69) is 75.4 Å². The second-order valence-corrected chi connectivity index (χ2v) is 6.94. The van der Waals surface area contributed by atoms with Gasteiger partial charge < -0.3 is 4.74 Å². The molecule has 0 fully saturated rings. The molecular weight excluding hydrogens is 376 g/mol. The van der Waals surface area contributed by atoms with Gasteiger partial charge in [-0.25, -0.2) is 4.98 Å². The van der Waals surface area contributed by atoms with Crippen LogP contribution in [-0.2, 0) is 6.42 Å². The summed E-state index contributed by atoms with van der Waals surface area (Å²) in [5.41, 5.74) is 4.58. The van der Waals surface area contributed by atoms with Gasteiger partial charge in [-0.2, -0.15) is 4.24 Å². The van der Waals surface area contributed by atoms with Crippen LogP contribution >= 0.6 is 15.9 Å². The lowest BCUT2D eigenvalue weighted by atomic mass is 10.1. The van der Waals surface area contributed by atoms with Crippen LogP contribution in [0, 0.1) is 5.71 Å². The molecule has 0 N–H and O–H groups in total. The molecule has 2 aromatic carbocycles. The molecule has 0 atom stereocenters. The second kappa shape index (κ2) is 7.79. The van der Waals surface area contributed by atoms with E-state index < -0.39 is 0 Å². The summed E-state index contributed by atoms with van der Waals surface area (Å²) < 4.78 is 8.74. The molecular formula is C21H22BrN2O+. The third-order valence-electron chi connectivity index (χ3n) is 4.19. The number of benzene rings is 2. The Bertz CT molecular complexity index is 1010. The van der Waals surface area contributed by atoms with Gasteiger partial charge in [-0.1, -0.05) is 35.0 Å². The van der Waals surface area contributed by atoms with Gasteiger partial charge in [0.1, 0.15) is 11.3 Å². The summed E-state index contributed by atoms with van der Waals surface area (Å²) in [5, 5.41) is 1.12. The van der Waals surface area contributed by atoms with Crippen LogP contribution in [-0.4, -0.2) is 12.1 Å². The minimum Gasteiger partial charge on any atom is -0.497 e. The van der Waals surface area contributed by atoms with Crippen LogP contribution in [0.1, 0.15) is 25.8 Å². The molecule has 0 unspecified atom stereocenters. The van der Waals surface area contributed by atoms with Crippen molar-refractivity contribution in [1.82, 2.24) is 4.98 Å².